The van der Waals surface area contributed by atoms with Gasteiger partial charge in [-0.1, -0.05) is 12.1 Å². The highest BCUT2D eigenvalue weighted by Crippen LogP contribution is 2.24. The molecular formula is C22H23FN6O. The number of aliphatic imine (C=N–C) groups is 1. The molecule has 0 atom stereocenters. The summed E-state index contributed by atoms with van der Waals surface area (Å²) >= 11 is 0. The van der Waals surface area contributed by atoms with Crippen LogP contribution in [0.2, 0.25) is 0 Å². The largest absolute Gasteiger partial charge is 0.319 e. The summed E-state index contributed by atoms with van der Waals surface area (Å²) < 4.78 is 13.3. The Hall–Kier alpha value is -3.65. The Bertz CT molecular complexity index is 1150. The van der Waals surface area contributed by atoms with Crippen molar-refractivity contribution in [3.63, 3.8) is 0 Å². The van der Waals surface area contributed by atoms with Crippen LogP contribution >= 0.6 is 0 Å². The molecule has 0 unspecified atom stereocenters. The molecular weight excluding hydrogens is 383 g/mol. The normalized spacial score (nSPS) is 12.4. The van der Waals surface area contributed by atoms with Gasteiger partial charge in [-0.05, 0) is 56.6 Å². The van der Waals surface area contributed by atoms with E-state index in [4.69, 9.17) is 0 Å². The molecule has 0 saturated heterocycles. The van der Waals surface area contributed by atoms with Crippen LogP contribution in [0.25, 0.3) is 16.5 Å². The Morgan fingerprint density at radius 2 is 2.13 bits per heavy atom. The Morgan fingerprint density at radius 1 is 1.33 bits per heavy atom. The number of nitrogens with zero attached hydrogens (tertiary/aromatic N) is 4. The number of hydrogen-bond donors (Lipinski definition) is 2. The van der Waals surface area contributed by atoms with E-state index in [-0.39, 0.29) is 11.4 Å². The van der Waals surface area contributed by atoms with Crippen molar-refractivity contribution in [2.24, 2.45) is 4.99 Å². The van der Waals surface area contributed by atoms with Crippen LogP contribution < -0.4 is 5.32 Å². The average molecular weight is 406 g/mol. The number of rotatable bonds is 7. The maximum Gasteiger partial charge on any atom is 0.276 e. The number of carbonyl (C=O) groups excluding carboxylic acids is 1. The second-order valence-electron chi connectivity index (χ2n) is 7.13. The minimum absolute atomic E-state index is 0.223. The molecule has 0 fully saturated rings. The number of aromatic nitrogens is 3. The van der Waals surface area contributed by atoms with Crippen molar-refractivity contribution in [1.82, 2.24) is 20.1 Å². The standard InChI is InChI=1S/C22H23FN6O/c1-14(7-15(10-24-2)13-29(3)4)16-5-6-20-19(8-16)21(28-27-20)22(30)26-18-9-17(23)11-25-12-18/h5-12H,2,13H2,1,3-4H3,(H,26,30)(H,27,28)/b14-7+,15-10+. The van der Waals surface area contributed by atoms with Crippen LogP contribution in [-0.4, -0.2) is 53.3 Å². The SMILES string of the molecule is C=N/C=C(\C=C(/C)c1ccc2[nH]nc(C(=O)Nc3cncc(F)c3)c2c1)CN(C)C. The second-order valence-corrected chi connectivity index (χ2v) is 7.13. The molecule has 0 aliphatic carbocycles. The highest BCUT2D eigenvalue weighted by atomic mass is 19.1. The number of fused-ring (bicyclic) bond motifs is 1. The fraction of sp³-hybridized carbons (Fsp3) is 0.182. The highest BCUT2D eigenvalue weighted by Gasteiger charge is 2.15. The van der Waals surface area contributed by atoms with Gasteiger partial charge >= 0.3 is 0 Å². The molecule has 1 amide bonds. The van der Waals surface area contributed by atoms with Crippen molar-refractivity contribution >= 4 is 34.8 Å². The molecule has 3 rings (SSSR count). The molecule has 0 bridgehead atoms. The van der Waals surface area contributed by atoms with Gasteiger partial charge in [0.1, 0.15) is 5.82 Å². The number of likely N-dealkylation sites (N-methyl/N-ethyl adjacent to an activating group) is 1. The summed E-state index contributed by atoms with van der Waals surface area (Å²) in [5.41, 5.74) is 4.18. The smallest absolute Gasteiger partial charge is 0.276 e. The van der Waals surface area contributed by atoms with Crippen molar-refractivity contribution in [3.05, 3.63) is 71.6 Å². The fourth-order valence-corrected chi connectivity index (χ4v) is 3.07. The number of halogens is 1. The number of allylic oxidation sites excluding steroid dienone is 1. The first-order chi connectivity index (χ1) is 14.4. The maximum atomic E-state index is 13.3. The van der Waals surface area contributed by atoms with Crippen molar-refractivity contribution in [3.8, 4) is 0 Å². The third-order valence-electron chi connectivity index (χ3n) is 4.35. The number of H-pyrrole nitrogens is 1. The molecule has 0 saturated carbocycles. The highest BCUT2D eigenvalue weighted by molar-refractivity contribution is 6.11. The number of anilines is 1. The summed E-state index contributed by atoms with van der Waals surface area (Å²) in [7, 11) is 3.97. The second kappa shape index (κ2) is 9.23. The monoisotopic (exact) mass is 406 g/mol. The number of nitrogens with one attached hydrogen (secondary N) is 2. The number of benzene rings is 1. The van der Waals surface area contributed by atoms with Gasteiger partial charge in [-0.3, -0.25) is 19.9 Å². The lowest BCUT2D eigenvalue weighted by Gasteiger charge is -2.11. The lowest BCUT2D eigenvalue weighted by Crippen LogP contribution is -2.14. The molecule has 2 aromatic heterocycles. The van der Waals surface area contributed by atoms with Crippen LogP contribution in [0.4, 0.5) is 10.1 Å². The molecule has 30 heavy (non-hydrogen) atoms. The maximum absolute atomic E-state index is 13.3. The zero-order valence-corrected chi connectivity index (χ0v) is 17.1. The van der Waals surface area contributed by atoms with E-state index in [9.17, 15) is 9.18 Å². The van der Waals surface area contributed by atoms with E-state index in [1.54, 1.807) is 6.20 Å². The molecule has 7 nitrogen and oxygen atoms in total. The van der Waals surface area contributed by atoms with Crippen LogP contribution in [-0.2, 0) is 0 Å². The van der Waals surface area contributed by atoms with E-state index in [0.717, 1.165) is 35.0 Å². The van der Waals surface area contributed by atoms with Crippen molar-refractivity contribution in [2.45, 2.75) is 6.92 Å². The van der Waals surface area contributed by atoms with Gasteiger partial charge in [-0.2, -0.15) is 5.10 Å². The summed E-state index contributed by atoms with van der Waals surface area (Å²) in [5.74, 6) is -0.977. The Labute approximate surface area is 174 Å². The average Bonchev–Trinajstić information content (AvgIpc) is 3.11. The van der Waals surface area contributed by atoms with Gasteiger partial charge in [0, 0.05) is 24.2 Å². The van der Waals surface area contributed by atoms with E-state index in [0.29, 0.717) is 5.39 Å². The lowest BCUT2D eigenvalue weighted by atomic mass is 10.0. The first-order valence-electron chi connectivity index (χ1n) is 9.25. The summed E-state index contributed by atoms with van der Waals surface area (Å²) in [6.07, 6.45) is 6.21. The van der Waals surface area contributed by atoms with Crippen molar-refractivity contribution in [1.29, 1.82) is 0 Å². The Morgan fingerprint density at radius 3 is 2.83 bits per heavy atom. The van der Waals surface area contributed by atoms with Gasteiger partial charge in [0.15, 0.2) is 5.69 Å². The molecule has 3 aromatic rings. The van der Waals surface area contributed by atoms with E-state index >= 15 is 0 Å². The summed E-state index contributed by atoms with van der Waals surface area (Å²) in [6.45, 7) is 6.25. The van der Waals surface area contributed by atoms with Gasteiger partial charge in [-0.25, -0.2) is 4.39 Å². The van der Waals surface area contributed by atoms with Gasteiger partial charge in [0.2, 0.25) is 0 Å². The Kier molecular flexibility index (Phi) is 6.48. The predicted octanol–water partition coefficient (Wildman–Crippen LogP) is 3.90. The number of pyridine rings is 1. The molecule has 1 aromatic carbocycles. The zero-order chi connectivity index (χ0) is 21.7. The van der Waals surface area contributed by atoms with E-state index in [2.05, 4.69) is 32.2 Å². The Balaban J connectivity index is 1.92. The number of carbonyl (C=O) groups is 1. The number of aromatic amines is 1. The quantitative estimate of drug-likeness (QED) is 0.460. The minimum atomic E-state index is -0.529. The van der Waals surface area contributed by atoms with Crippen LogP contribution in [0.3, 0.4) is 0 Å². The van der Waals surface area contributed by atoms with Gasteiger partial charge in [-0.15, -0.1) is 0 Å². The minimum Gasteiger partial charge on any atom is -0.319 e. The summed E-state index contributed by atoms with van der Waals surface area (Å²) in [5, 5.41) is 10.3. The van der Waals surface area contributed by atoms with Crippen LogP contribution in [0.5, 0.6) is 0 Å². The molecule has 0 radical (unpaired) electrons. The molecule has 8 heteroatoms. The molecule has 2 N–H and O–H groups in total. The van der Waals surface area contributed by atoms with E-state index < -0.39 is 11.7 Å². The number of hydrogen-bond acceptors (Lipinski definition) is 5. The van der Waals surface area contributed by atoms with Crippen molar-refractivity contribution < 1.29 is 9.18 Å². The third kappa shape index (κ3) is 5.03. The van der Waals surface area contributed by atoms with Gasteiger partial charge in [0.25, 0.3) is 5.91 Å². The van der Waals surface area contributed by atoms with Crippen molar-refractivity contribution in [2.75, 3.05) is 26.0 Å². The van der Waals surface area contributed by atoms with Crippen LogP contribution in [0.1, 0.15) is 23.0 Å². The first-order valence-corrected chi connectivity index (χ1v) is 9.25. The predicted molar refractivity (Wildman–Crippen MR) is 118 cm³/mol. The number of amides is 1. The molecule has 0 aliphatic heterocycles. The molecule has 2 heterocycles. The van der Waals surface area contributed by atoms with Gasteiger partial charge in [0.05, 0.1) is 23.6 Å². The third-order valence-corrected chi connectivity index (χ3v) is 4.35. The van der Waals surface area contributed by atoms with Crippen LogP contribution in [0.15, 0.2) is 59.5 Å². The lowest BCUT2D eigenvalue weighted by molar-refractivity contribution is 0.102. The van der Waals surface area contributed by atoms with E-state index in [1.807, 2.05) is 50.2 Å². The topological polar surface area (TPSA) is 86.3 Å². The fourth-order valence-electron chi connectivity index (χ4n) is 3.07. The zero-order valence-electron chi connectivity index (χ0n) is 17.1. The first kappa shape index (κ1) is 21.1. The summed E-state index contributed by atoms with van der Waals surface area (Å²) in [4.78, 5) is 22.3. The summed E-state index contributed by atoms with van der Waals surface area (Å²) in [6, 6.07) is 6.93. The molecule has 0 spiro atoms. The van der Waals surface area contributed by atoms with Gasteiger partial charge < -0.3 is 10.2 Å². The van der Waals surface area contributed by atoms with Crippen LogP contribution in [0, 0.1) is 5.82 Å². The van der Waals surface area contributed by atoms with E-state index in [1.165, 1.54) is 12.3 Å². The molecule has 0 aliphatic rings. The molecule has 154 valence electrons.